The Morgan fingerprint density at radius 1 is 1.19 bits per heavy atom. The zero-order valence-corrected chi connectivity index (χ0v) is 14.8. The second-order valence-electron chi connectivity index (χ2n) is 6.72. The molecule has 0 saturated carbocycles. The van der Waals surface area contributed by atoms with Gasteiger partial charge < -0.3 is 4.74 Å². The molecule has 27 heavy (non-hydrogen) atoms. The highest BCUT2D eigenvalue weighted by molar-refractivity contribution is 5.97. The van der Waals surface area contributed by atoms with Gasteiger partial charge in [-0.2, -0.15) is 10.2 Å². The fraction of sp³-hybridized carbons (Fsp3) is 0.263. The van der Waals surface area contributed by atoms with Crippen molar-refractivity contribution in [2.45, 2.75) is 32.6 Å². The molecule has 0 spiro atoms. The molecular weight excluding hydrogens is 347 g/mol. The molecule has 8 heteroatoms. The molecule has 2 atom stereocenters. The standard InChI is InChI=1S/C19H17FN6O/c1-10-11(2)27-9-16-17(13-5-6-21-19-14(13)8-23-24-19)18(25-26(10)16)15-4-3-12(20)7-22-15/h3-8,10-11H,9H2,1-2H3,(H,21,23,24)/t10-,11+/m1/s1. The number of nitrogens with one attached hydrogen (secondary N) is 1. The van der Waals surface area contributed by atoms with E-state index in [1.54, 1.807) is 18.5 Å². The van der Waals surface area contributed by atoms with Crippen LogP contribution in [-0.4, -0.2) is 36.0 Å². The molecule has 5 heterocycles. The van der Waals surface area contributed by atoms with Crippen LogP contribution in [0.15, 0.2) is 36.8 Å². The normalized spacial score (nSPS) is 19.4. The number of aromatic amines is 1. The van der Waals surface area contributed by atoms with E-state index in [1.165, 1.54) is 12.3 Å². The van der Waals surface area contributed by atoms with Crippen LogP contribution in [0.5, 0.6) is 0 Å². The van der Waals surface area contributed by atoms with Gasteiger partial charge in [-0.05, 0) is 32.0 Å². The Bertz CT molecular complexity index is 1130. The summed E-state index contributed by atoms with van der Waals surface area (Å²) in [6.07, 6.45) is 4.74. The zero-order valence-electron chi connectivity index (χ0n) is 14.8. The minimum atomic E-state index is -0.379. The summed E-state index contributed by atoms with van der Waals surface area (Å²) in [5.74, 6) is -0.379. The Morgan fingerprint density at radius 3 is 2.89 bits per heavy atom. The summed E-state index contributed by atoms with van der Waals surface area (Å²) in [6.45, 7) is 4.55. The van der Waals surface area contributed by atoms with Gasteiger partial charge in [-0.15, -0.1) is 0 Å². The summed E-state index contributed by atoms with van der Waals surface area (Å²) in [6, 6.07) is 5.05. The molecule has 0 bridgehead atoms. The molecule has 1 N–H and O–H groups in total. The van der Waals surface area contributed by atoms with Crippen LogP contribution in [0.3, 0.4) is 0 Å². The predicted octanol–water partition coefficient (Wildman–Crippen LogP) is 3.50. The molecule has 1 aliphatic rings. The van der Waals surface area contributed by atoms with Crippen LogP contribution in [0.25, 0.3) is 33.5 Å². The highest BCUT2D eigenvalue weighted by atomic mass is 19.1. The van der Waals surface area contributed by atoms with Crippen LogP contribution in [0, 0.1) is 5.82 Å². The number of rotatable bonds is 2. The van der Waals surface area contributed by atoms with Crippen molar-refractivity contribution >= 4 is 11.0 Å². The van der Waals surface area contributed by atoms with Crippen molar-refractivity contribution in [2.75, 3.05) is 0 Å². The molecule has 0 unspecified atom stereocenters. The summed E-state index contributed by atoms with van der Waals surface area (Å²) in [5.41, 5.74) is 4.84. The summed E-state index contributed by atoms with van der Waals surface area (Å²) < 4.78 is 21.4. The van der Waals surface area contributed by atoms with Crippen LogP contribution in [0.4, 0.5) is 4.39 Å². The molecule has 0 aliphatic carbocycles. The third-order valence-electron chi connectivity index (χ3n) is 5.15. The van der Waals surface area contributed by atoms with E-state index in [1.807, 2.05) is 17.7 Å². The summed E-state index contributed by atoms with van der Waals surface area (Å²) in [7, 11) is 0. The van der Waals surface area contributed by atoms with E-state index in [-0.39, 0.29) is 18.0 Å². The van der Waals surface area contributed by atoms with Crippen molar-refractivity contribution < 1.29 is 9.13 Å². The SMILES string of the molecule is C[C@@H]1OCc2c(-c3ccnc4[nH]ncc34)c(-c3ccc(F)cn3)nn2[C@@H]1C. The Balaban J connectivity index is 1.82. The highest BCUT2D eigenvalue weighted by Gasteiger charge is 2.31. The van der Waals surface area contributed by atoms with Crippen molar-refractivity contribution in [3.8, 4) is 22.5 Å². The van der Waals surface area contributed by atoms with E-state index in [0.29, 0.717) is 23.6 Å². The van der Waals surface area contributed by atoms with Crippen molar-refractivity contribution in [3.05, 3.63) is 48.3 Å². The summed E-state index contributed by atoms with van der Waals surface area (Å²) >= 11 is 0. The fourth-order valence-electron chi connectivity index (χ4n) is 3.54. The second-order valence-corrected chi connectivity index (χ2v) is 6.72. The van der Waals surface area contributed by atoms with Crippen LogP contribution >= 0.6 is 0 Å². The predicted molar refractivity (Wildman–Crippen MR) is 97.3 cm³/mol. The number of halogens is 1. The molecule has 1 aliphatic heterocycles. The van der Waals surface area contributed by atoms with Gasteiger partial charge in [-0.3, -0.25) is 14.8 Å². The molecule has 4 aromatic heterocycles. The maximum absolute atomic E-state index is 13.4. The largest absolute Gasteiger partial charge is 0.370 e. The van der Waals surface area contributed by atoms with Crippen molar-refractivity contribution in [2.24, 2.45) is 0 Å². The number of fused-ring (bicyclic) bond motifs is 2. The van der Waals surface area contributed by atoms with Gasteiger partial charge in [-0.25, -0.2) is 9.37 Å². The molecule has 4 aromatic rings. The summed E-state index contributed by atoms with van der Waals surface area (Å²) in [5, 5.41) is 12.8. The van der Waals surface area contributed by atoms with Crippen molar-refractivity contribution in [1.29, 1.82) is 0 Å². The van der Waals surface area contributed by atoms with E-state index >= 15 is 0 Å². The van der Waals surface area contributed by atoms with Gasteiger partial charge in [0.2, 0.25) is 0 Å². The third kappa shape index (κ3) is 2.44. The molecule has 0 fully saturated rings. The quantitative estimate of drug-likeness (QED) is 0.589. The van der Waals surface area contributed by atoms with Gasteiger partial charge in [0.25, 0.3) is 0 Å². The van der Waals surface area contributed by atoms with E-state index in [0.717, 1.165) is 22.2 Å². The number of hydrogen-bond acceptors (Lipinski definition) is 5. The third-order valence-corrected chi connectivity index (χ3v) is 5.15. The maximum Gasteiger partial charge on any atom is 0.155 e. The zero-order chi connectivity index (χ0) is 18.5. The lowest BCUT2D eigenvalue weighted by molar-refractivity contribution is -0.0101. The molecule has 5 rings (SSSR count). The van der Waals surface area contributed by atoms with Crippen LogP contribution < -0.4 is 0 Å². The molecule has 136 valence electrons. The lowest BCUT2D eigenvalue weighted by Crippen LogP contribution is -2.29. The van der Waals surface area contributed by atoms with Gasteiger partial charge in [0.05, 0.1) is 42.5 Å². The van der Waals surface area contributed by atoms with Gasteiger partial charge in [0, 0.05) is 22.7 Å². The van der Waals surface area contributed by atoms with Crippen molar-refractivity contribution in [3.63, 3.8) is 0 Å². The lowest BCUT2D eigenvalue weighted by Gasteiger charge is -2.28. The van der Waals surface area contributed by atoms with Gasteiger partial charge in [0.15, 0.2) is 5.65 Å². The number of aromatic nitrogens is 6. The number of hydrogen-bond donors (Lipinski definition) is 1. The Morgan fingerprint density at radius 2 is 2.07 bits per heavy atom. The number of H-pyrrole nitrogens is 1. The minimum absolute atomic E-state index is 0.0469. The monoisotopic (exact) mass is 364 g/mol. The van der Waals surface area contributed by atoms with Crippen molar-refractivity contribution in [1.82, 2.24) is 29.9 Å². The Kier molecular flexibility index (Phi) is 3.54. The molecule has 0 aromatic carbocycles. The number of nitrogens with zero attached hydrogens (tertiary/aromatic N) is 5. The first-order valence-electron chi connectivity index (χ1n) is 8.77. The molecular formula is C19H17FN6O. The van der Waals surface area contributed by atoms with Crippen LogP contribution in [0.1, 0.15) is 25.6 Å². The van der Waals surface area contributed by atoms with E-state index in [2.05, 4.69) is 27.1 Å². The smallest absolute Gasteiger partial charge is 0.155 e. The summed E-state index contributed by atoms with van der Waals surface area (Å²) in [4.78, 5) is 8.58. The average molecular weight is 364 g/mol. The van der Waals surface area contributed by atoms with Crippen LogP contribution in [0.2, 0.25) is 0 Å². The van der Waals surface area contributed by atoms with E-state index in [4.69, 9.17) is 9.84 Å². The topological polar surface area (TPSA) is 81.5 Å². The molecule has 0 radical (unpaired) electrons. The first-order chi connectivity index (χ1) is 13.1. The Hall–Kier alpha value is -3.13. The minimum Gasteiger partial charge on any atom is -0.370 e. The maximum atomic E-state index is 13.4. The lowest BCUT2D eigenvalue weighted by atomic mass is 9.99. The Labute approximate surface area is 154 Å². The second kappa shape index (κ2) is 5.95. The van der Waals surface area contributed by atoms with Gasteiger partial charge >= 0.3 is 0 Å². The molecule has 7 nitrogen and oxygen atoms in total. The van der Waals surface area contributed by atoms with Gasteiger partial charge in [0.1, 0.15) is 11.5 Å². The van der Waals surface area contributed by atoms with Gasteiger partial charge in [-0.1, -0.05) is 0 Å². The van der Waals surface area contributed by atoms with Crippen LogP contribution in [-0.2, 0) is 11.3 Å². The number of ether oxygens (including phenoxy) is 1. The first-order valence-corrected chi connectivity index (χ1v) is 8.77. The first kappa shape index (κ1) is 16.1. The van der Waals surface area contributed by atoms with E-state index < -0.39 is 0 Å². The molecule has 0 amide bonds. The molecule has 0 saturated heterocycles. The number of pyridine rings is 2. The fourth-order valence-corrected chi connectivity index (χ4v) is 3.54. The average Bonchev–Trinajstić information content (AvgIpc) is 3.30. The van der Waals surface area contributed by atoms with E-state index in [9.17, 15) is 4.39 Å². The highest BCUT2D eigenvalue weighted by Crippen LogP contribution is 2.40.